The summed E-state index contributed by atoms with van der Waals surface area (Å²) < 4.78 is 16.0. The van der Waals surface area contributed by atoms with Gasteiger partial charge in [-0.05, 0) is 45.7 Å². The third kappa shape index (κ3) is 4.35. The molecular weight excluding hydrogens is 324 g/mol. The summed E-state index contributed by atoms with van der Waals surface area (Å²) in [7, 11) is 0. The Balaban J connectivity index is 1.59. The molecule has 0 saturated carbocycles. The van der Waals surface area contributed by atoms with E-state index in [2.05, 4.69) is 5.32 Å². The molecule has 0 aromatic heterocycles. The Bertz CT molecular complexity index is 668. The molecule has 0 spiro atoms. The van der Waals surface area contributed by atoms with Gasteiger partial charge in [0.05, 0.1) is 5.92 Å². The molecule has 1 N–H and O–H groups in total. The summed E-state index contributed by atoms with van der Waals surface area (Å²) in [6.07, 6.45) is 1.15. The van der Waals surface area contributed by atoms with Crippen molar-refractivity contribution >= 4 is 17.7 Å². The first kappa shape index (κ1) is 17.4. The van der Waals surface area contributed by atoms with Gasteiger partial charge < -0.3 is 24.4 Å². The van der Waals surface area contributed by atoms with Crippen LogP contribution in [0.4, 0.5) is 10.5 Å². The first-order valence-corrected chi connectivity index (χ1v) is 8.50. The summed E-state index contributed by atoms with van der Waals surface area (Å²) in [5, 5.41) is 2.90. The van der Waals surface area contributed by atoms with Crippen LogP contribution in [-0.4, -0.2) is 42.4 Å². The molecule has 25 heavy (non-hydrogen) atoms. The first-order valence-electron chi connectivity index (χ1n) is 8.50. The molecule has 7 heteroatoms. The highest BCUT2D eigenvalue weighted by Crippen LogP contribution is 2.34. The second-order valence-corrected chi connectivity index (χ2v) is 7.32. The van der Waals surface area contributed by atoms with Crippen molar-refractivity contribution in [1.29, 1.82) is 0 Å². The Morgan fingerprint density at radius 3 is 2.76 bits per heavy atom. The number of anilines is 1. The molecule has 7 nitrogen and oxygen atoms in total. The number of amides is 2. The van der Waals surface area contributed by atoms with Crippen LogP contribution in [0, 0.1) is 5.92 Å². The summed E-state index contributed by atoms with van der Waals surface area (Å²) in [6, 6.07) is 5.29. The van der Waals surface area contributed by atoms with E-state index in [1.54, 1.807) is 23.1 Å². The summed E-state index contributed by atoms with van der Waals surface area (Å²) in [4.78, 5) is 26.4. The third-order valence-corrected chi connectivity index (χ3v) is 4.08. The van der Waals surface area contributed by atoms with Crippen molar-refractivity contribution in [3.8, 4) is 11.5 Å². The Hall–Kier alpha value is -2.44. The van der Waals surface area contributed by atoms with E-state index in [0.717, 1.165) is 12.8 Å². The largest absolute Gasteiger partial charge is 0.454 e. The van der Waals surface area contributed by atoms with Crippen molar-refractivity contribution in [2.24, 2.45) is 5.92 Å². The molecule has 3 rings (SSSR count). The van der Waals surface area contributed by atoms with E-state index in [4.69, 9.17) is 14.2 Å². The number of rotatable bonds is 2. The fourth-order valence-corrected chi connectivity index (χ4v) is 2.90. The lowest BCUT2D eigenvalue weighted by atomic mass is 9.97. The molecule has 2 heterocycles. The molecule has 1 unspecified atom stereocenters. The zero-order chi connectivity index (χ0) is 18.0. The highest BCUT2D eigenvalue weighted by molar-refractivity contribution is 5.93. The molecule has 2 aliphatic heterocycles. The number of nitrogens with zero attached hydrogens (tertiary/aromatic N) is 1. The van der Waals surface area contributed by atoms with Crippen molar-refractivity contribution in [3.63, 3.8) is 0 Å². The molecule has 2 amide bonds. The predicted molar refractivity (Wildman–Crippen MR) is 91.7 cm³/mol. The molecular formula is C18H24N2O5. The zero-order valence-corrected chi connectivity index (χ0v) is 14.8. The fraction of sp³-hybridized carbons (Fsp3) is 0.556. The van der Waals surface area contributed by atoms with Crippen LogP contribution in [0.2, 0.25) is 0 Å². The van der Waals surface area contributed by atoms with E-state index in [1.165, 1.54) is 0 Å². The SMILES string of the molecule is CC(C)(C)OC(=O)N1CCCC(C(=O)Nc2ccc3c(c2)OCO3)C1. The molecule has 1 fully saturated rings. The maximum Gasteiger partial charge on any atom is 0.410 e. The standard InChI is InChI=1S/C18H24N2O5/c1-18(2,3)25-17(22)20-8-4-5-12(10-20)16(21)19-13-6-7-14-15(9-13)24-11-23-14/h6-7,9,12H,4-5,8,10-11H2,1-3H3,(H,19,21). The number of likely N-dealkylation sites (tertiary alicyclic amines) is 1. The highest BCUT2D eigenvalue weighted by atomic mass is 16.7. The van der Waals surface area contributed by atoms with E-state index in [9.17, 15) is 9.59 Å². The van der Waals surface area contributed by atoms with Crippen molar-refractivity contribution in [2.45, 2.75) is 39.2 Å². The van der Waals surface area contributed by atoms with Crippen LogP contribution < -0.4 is 14.8 Å². The number of piperidine rings is 1. The van der Waals surface area contributed by atoms with E-state index >= 15 is 0 Å². The minimum atomic E-state index is -0.543. The molecule has 1 aromatic carbocycles. The highest BCUT2D eigenvalue weighted by Gasteiger charge is 2.31. The molecule has 1 atom stereocenters. The number of benzene rings is 1. The van der Waals surface area contributed by atoms with Crippen LogP contribution in [0.5, 0.6) is 11.5 Å². The predicted octanol–water partition coefficient (Wildman–Crippen LogP) is 3.00. The molecule has 1 saturated heterocycles. The lowest BCUT2D eigenvalue weighted by Crippen LogP contribution is -2.45. The average Bonchev–Trinajstić information content (AvgIpc) is 3.01. The quantitative estimate of drug-likeness (QED) is 0.889. The maximum atomic E-state index is 12.6. The van der Waals surface area contributed by atoms with Crippen LogP contribution in [0.1, 0.15) is 33.6 Å². The van der Waals surface area contributed by atoms with Crippen LogP contribution in [0.25, 0.3) is 0 Å². The van der Waals surface area contributed by atoms with Crippen molar-refractivity contribution in [1.82, 2.24) is 4.90 Å². The summed E-state index contributed by atoms with van der Waals surface area (Å²) >= 11 is 0. The Kier molecular flexibility index (Phi) is 4.74. The lowest BCUT2D eigenvalue weighted by molar-refractivity contribution is -0.121. The van der Waals surface area contributed by atoms with E-state index < -0.39 is 5.60 Å². The maximum absolute atomic E-state index is 12.6. The van der Waals surface area contributed by atoms with Crippen molar-refractivity contribution in [2.75, 3.05) is 25.2 Å². The van der Waals surface area contributed by atoms with Gasteiger partial charge in [-0.3, -0.25) is 4.79 Å². The number of hydrogen-bond donors (Lipinski definition) is 1. The van der Waals surface area contributed by atoms with Gasteiger partial charge in [0.2, 0.25) is 12.7 Å². The average molecular weight is 348 g/mol. The van der Waals surface area contributed by atoms with Crippen LogP contribution in [0.3, 0.4) is 0 Å². The van der Waals surface area contributed by atoms with Crippen LogP contribution in [-0.2, 0) is 9.53 Å². The third-order valence-electron chi connectivity index (χ3n) is 4.08. The topological polar surface area (TPSA) is 77.1 Å². The lowest BCUT2D eigenvalue weighted by Gasteiger charge is -2.33. The van der Waals surface area contributed by atoms with Crippen molar-refractivity contribution < 1.29 is 23.8 Å². The van der Waals surface area contributed by atoms with E-state index in [1.807, 2.05) is 20.8 Å². The van der Waals surface area contributed by atoms with E-state index in [0.29, 0.717) is 30.3 Å². The van der Waals surface area contributed by atoms with Gasteiger partial charge in [0.25, 0.3) is 0 Å². The monoisotopic (exact) mass is 348 g/mol. The number of nitrogens with one attached hydrogen (secondary N) is 1. The van der Waals surface area contributed by atoms with Gasteiger partial charge in [-0.1, -0.05) is 0 Å². The smallest absolute Gasteiger partial charge is 0.410 e. The normalized spacial score (nSPS) is 19.5. The number of ether oxygens (including phenoxy) is 3. The number of fused-ring (bicyclic) bond motifs is 1. The Morgan fingerprint density at radius 2 is 2.00 bits per heavy atom. The first-order chi connectivity index (χ1) is 11.8. The van der Waals surface area contributed by atoms with Crippen molar-refractivity contribution in [3.05, 3.63) is 18.2 Å². The Labute approximate surface area is 147 Å². The minimum Gasteiger partial charge on any atom is -0.454 e. The fourth-order valence-electron chi connectivity index (χ4n) is 2.90. The van der Waals surface area contributed by atoms with Gasteiger partial charge in [0, 0.05) is 24.8 Å². The number of hydrogen-bond acceptors (Lipinski definition) is 5. The molecule has 2 aliphatic rings. The molecule has 0 bridgehead atoms. The van der Waals surface area contributed by atoms with Gasteiger partial charge >= 0.3 is 6.09 Å². The number of carbonyl (C=O) groups excluding carboxylic acids is 2. The summed E-state index contributed by atoms with van der Waals surface area (Å²) in [5.41, 5.74) is 0.113. The zero-order valence-electron chi connectivity index (χ0n) is 14.8. The van der Waals surface area contributed by atoms with Gasteiger partial charge in [0.1, 0.15) is 5.60 Å². The van der Waals surface area contributed by atoms with Gasteiger partial charge in [0.15, 0.2) is 11.5 Å². The second-order valence-electron chi connectivity index (χ2n) is 7.32. The summed E-state index contributed by atoms with van der Waals surface area (Å²) in [5.74, 6) is 0.933. The minimum absolute atomic E-state index is 0.105. The molecule has 0 aliphatic carbocycles. The molecule has 136 valence electrons. The van der Waals surface area contributed by atoms with Gasteiger partial charge in [-0.15, -0.1) is 0 Å². The number of carbonyl (C=O) groups is 2. The van der Waals surface area contributed by atoms with Gasteiger partial charge in [-0.2, -0.15) is 0 Å². The summed E-state index contributed by atoms with van der Waals surface area (Å²) in [6.45, 7) is 6.67. The van der Waals surface area contributed by atoms with Crippen LogP contribution in [0.15, 0.2) is 18.2 Å². The van der Waals surface area contributed by atoms with Crippen LogP contribution >= 0.6 is 0 Å². The second kappa shape index (κ2) is 6.82. The molecule has 0 radical (unpaired) electrons. The van der Waals surface area contributed by atoms with Gasteiger partial charge in [-0.25, -0.2) is 4.79 Å². The Morgan fingerprint density at radius 1 is 1.24 bits per heavy atom. The van der Waals surface area contributed by atoms with E-state index in [-0.39, 0.29) is 24.7 Å². The molecule has 1 aromatic rings.